The third kappa shape index (κ3) is 7.61. The van der Waals surface area contributed by atoms with Crippen LogP contribution < -0.4 is 16.9 Å². The SMILES string of the molecule is CCCCc1nc2c(N)nc3ccccc3c2n1CCCCCC(=O)c1cc(F)c(CC(=O)[C@H](C)NC(=O)CON)c(F)c1. The van der Waals surface area contributed by atoms with Gasteiger partial charge in [0.25, 0.3) is 0 Å². The summed E-state index contributed by atoms with van der Waals surface area (Å²) in [6, 6.07) is 8.74. The fourth-order valence-corrected chi connectivity index (χ4v) is 5.25. The van der Waals surface area contributed by atoms with Gasteiger partial charge in [-0.3, -0.25) is 19.2 Å². The molecule has 0 bridgehead atoms. The Bertz CT molecular complexity index is 1650. The Morgan fingerprint density at radius 3 is 2.48 bits per heavy atom. The summed E-state index contributed by atoms with van der Waals surface area (Å²) in [6.07, 6.45) is 4.38. The minimum atomic E-state index is -1.01. The molecule has 5 N–H and O–H groups in total. The van der Waals surface area contributed by atoms with Crippen molar-refractivity contribution in [2.45, 2.75) is 77.8 Å². The highest BCUT2D eigenvalue weighted by Crippen LogP contribution is 2.30. The molecule has 0 saturated heterocycles. The van der Waals surface area contributed by atoms with Crippen LogP contribution in [0.1, 0.15) is 74.1 Å². The number of nitrogen functional groups attached to an aromatic ring is 1. The molecule has 0 aliphatic carbocycles. The van der Waals surface area contributed by atoms with Gasteiger partial charge in [-0.25, -0.2) is 24.6 Å². The van der Waals surface area contributed by atoms with Crippen LogP contribution >= 0.6 is 0 Å². The van der Waals surface area contributed by atoms with E-state index in [0.717, 1.165) is 60.1 Å². The van der Waals surface area contributed by atoms with E-state index >= 15 is 0 Å². The number of nitrogens with one attached hydrogen (secondary N) is 1. The zero-order valence-electron chi connectivity index (χ0n) is 25.0. The quantitative estimate of drug-likeness (QED) is 0.0936. The summed E-state index contributed by atoms with van der Waals surface area (Å²) in [5.74, 6) is 2.57. The lowest BCUT2D eigenvalue weighted by Crippen LogP contribution is -2.41. The predicted molar refractivity (Wildman–Crippen MR) is 164 cm³/mol. The lowest BCUT2D eigenvalue weighted by molar-refractivity contribution is -0.130. The van der Waals surface area contributed by atoms with Crippen LogP contribution in [-0.4, -0.2) is 44.7 Å². The fraction of sp³-hybridized carbons (Fsp3) is 0.406. The number of imidazole rings is 1. The van der Waals surface area contributed by atoms with Gasteiger partial charge in [-0.15, -0.1) is 0 Å². The number of benzene rings is 2. The molecule has 0 radical (unpaired) electrons. The van der Waals surface area contributed by atoms with Crippen LogP contribution in [0.2, 0.25) is 0 Å². The van der Waals surface area contributed by atoms with Crippen LogP contribution in [0.15, 0.2) is 36.4 Å². The molecular formula is C32H38F2N6O4. The molecule has 4 rings (SSSR count). The molecule has 0 saturated carbocycles. The van der Waals surface area contributed by atoms with Crippen molar-refractivity contribution >= 4 is 45.2 Å². The molecule has 2 heterocycles. The van der Waals surface area contributed by atoms with Crippen molar-refractivity contribution < 1.29 is 28.0 Å². The number of ketones is 2. The summed E-state index contributed by atoms with van der Waals surface area (Å²) in [4.78, 5) is 50.3. The van der Waals surface area contributed by atoms with E-state index in [0.29, 0.717) is 30.7 Å². The second kappa shape index (κ2) is 14.9. The van der Waals surface area contributed by atoms with E-state index in [-0.39, 0.29) is 17.8 Å². The Morgan fingerprint density at radius 1 is 1.05 bits per heavy atom. The first-order valence-corrected chi connectivity index (χ1v) is 14.8. The number of anilines is 1. The van der Waals surface area contributed by atoms with Gasteiger partial charge in [0.05, 0.1) is 17.1 Å². The molecule has 1 atom stereocenters. The molecule has 1 amide bonds. The number of Topliss-reactive ketones (excluding diaryl/α,β-unsaturated/α-hetero) is 2. The van der Waals surface area contributed by atoms with Gasteiger partial charge < -0.3 is 15.6 Å². The molecular weight excluding hydrogens is 570 g/mol. The fourth-order valence-electron chi connectivity index (χ4n) is 5.25. The van der Waals surface area contributed by atoms with Crippen LogP contribution in [0.5, 0.6) is 0 Å². The van der Waals surface area contributed by atoms with Gasteiger partial charge in [0.15, 0.2) is 17.4 Å². The molecule has 0 aliphatic rings. The summed E-state index contributed by atoms with van der Waals surface area (Å²) >= 11 is 0. The largest absolute Gasteiger partial charge is 0.382 e. The smallest absolute Gasteiger partial charge is 0.248 e. The van der Waals surface area contributed by atoms with Gasteiger partial charge in [0.1, 0.15) is 29.6 Å². The highest BCUT2D eigenvalue weighted by Gasteiger charge is 2.22. The van der Waals surface area contributed by atoms with Crippen LogP contribution in [0.25, 0.3) is 21.9 Å². The maximum Gasteiger partial charge on any atom is 0.248 e. The number of rotatable bonds is 16. The second-order valence-electron chi connectivity index (χ2n) is 10.9. The van der Waals surface area contributed by atoms with E-state index in [9.17, 15) is 23.2 Å². The summed E-state index contributed by atoms with van der Waals surface area (Å²) in [6.45, 7) is 3.74. The molecule has 10 nitrogen and oxygen atoms in total. The molecule has 44 heavy (non-hydrogen) atoms. The number of carbonyl (C=O) groups is 3. The molecule has 2 aromatic heterocycles. The lowest BCUT2D eigenvalue weighted by Gasteiger charge is -2.13. The van der Waals surface area contributed by atoms with Crippen molar-refractivity contribution in [2.75, 3.05) is 12.3 Å². The Hall–Kier alpha value is -4.29. The molecule has 0 aliphatic heterocycles. The zero-order chi connectivity index (χ0) is 31.8. The number of hydrogen-bond acceptors (Lipinski definition) is 8. The zero-order valence-corrected chi connectivity index (χ0v) is 25.0. The number of aromatic nitrogens is 3. The van der Waals surface area contributed by atoms with Crippen LogP contribution in [0.3, 0.4) is 0 Å². The Kier molecular flexibility index (Phi) is 11.1. The molecule has 2 aromatic carbocycles. The van der Waals surface area contributed by atoms with E-state index in [2.05, 4.69) is 26.6 Å². The van der Waals surface area contributed by atoms with E-state index < -0.39 is 48.0 Å². The van der Waals surface area contributed by atoms with Crippen molar-refractivity contribution in [2.24, 2.45) is 5.90 Å². The number of hydrogen-bond donors (Lipinski definition) is 3. The second-order valence-corrected chi connectivity index (χ2v) is 10.9. The third-order valence-electron chi connectivity index (χ3n) is 7.62. The number of para-hydroxylation sites is 1. The number of carbonyl (C=O) groups excluding carboxylic acids is 3. The van der Waals surface area contributed by atoms with Crippen molar-refractivity contribution in [3.05, 3.63) is 65.0 Å². The molecule has 4 aromatic rings. The maximum absolute atomic E-state index is 14.8. The highest BCUT2D eigenvalue weighted by molar-refractivity contribution is 6.06. The Morgan fingerprint density at radius 2 is 1.77 bits per heavy atom. The molecule has 0 spiro atoms. The predicted octanol–water partition coefficient (Wildman–Crippen LogP) is 4.74. The van der Waals surface area contributed by atoms with Crippen LogP contribution in [0, 0.1) is 11.6 Å². The van der Waals surface area contributed by atoms with E-state index in [1.807, 2.05) is 24.3 Å². The summed E-state index contributed by atoms with van der Waals surface area (Å²) in [7, 11) is 0. The average molecular weight is 609 g/mol. The molecule has 0 fully saturated rings. The van der Waals surface area contributed by atoms with Gasteiger partial charge in [-0.1, -0.05) is 38.0 Å². The number of nitrogens with two attached hydrogens (primary N) is 2. The third-order valence-corrected chi connectivity index (χ3v) is 7.62. The molecule has 234 valence electrons. The van der Waals surface area contributed by atoms with Crippen molar-refractivity contribution in [3.8, 4) is 0 Å². The van der Waals surface area contributed by atoms with Gasteiger partial charge in [-0.05, 0) is 44.4 Å². The first kappa shape index (κ1) is 32.6. The molecule has 0 unspecified atom stereocenters. The Balaban J connectivity index is 1.37. The van der Waals surface area contributed by atoms with E-state index in [1.54, 1.807) is 0 Å². The van der Waals surface area contributed by atoms with Gasteiger partial charge >= 0.3 is 0 Å². The van der Waals surface area contributed by atoms with Crippen molar-refractivity contribution in [1.82, 2.24) is 19.9 Å². The summed E-state index contributed by atoms with van der Waals surface area (Å²) in [5.41, 5.74) is 8.19. The van der Waals surface area contributed by atoms with E-state index in [4.69, 9.17) is 16.6 Å². The Labute approximate surface area is 254 Å². The molecule has 12 heteroatoms. The van der Waals surface area contributed by atoms with Gasteiger partial charge in [0, 0.05) is 42.3 Å². The number of pyridine rings is 1. The van der Waals surface area contributed by atoms with Crippen molar-refractivity contribution in [3.63, 3.8) is 0 Å². The first-order valence-electron chi connectivity index (χ1n) is 14.8. The highest BCUT2D eigenvalue weighted by atomic mass is 19.1. The number of amides is 1. The number of unbranched alkanes of at least 4 members (excludes halogenated alkanes) is 3. The monoisotopic (exact) mass is 608 g/mol. The maximum atomic E-state index is 14.8. The number of nitrogens with zero attached hydrogens (tertiary/aromatic N) is 3. The minimum absolute atomic E-state index is 0.0884. The van der Waals surface area contributed by atoms with E-state index in [1.165, 1.54) is 6.92 Å². The standard InChI is InChI=1S/C32H38F2N6O4/c1-3-4-13-28-39-30-31(21-10-7-8-11-25(21)38-32(30)35)40(28)14-9-5-6-12-26(41)20-15-23(33)22(24(34)16-20)17-27(42)19(2)37-29(43)18-44-36/h7-8,10-11,15-16,19H,3-6,9,12-14,17-18,36H2,1-2H3,(H2,35,38)(H,37,43)/t19-/m0/s1. The topological polar surface area (TPSA) is 155 Å². The summed E-state index contributed by atoms with van der Waals surface area (Å²) in [5, 5.41) is 3.32. The van der Waals surface area contributed by atoms with Gasteiger partial charge in [0.2, 0.25) is 5.91 Å². The normalized spacial score (nSPS) is 12.1. The summed E-state index contributed by atoms with van der Waals surface area (Å²) < 4.78 is 31.8. The number of halogens is 2. The average Bonchev–Trinajstić information content (AvgIpc) is 3.36. The van der Waals surface area contributed by atoms with Crippen molar-refractivity contribution in [1.29, 1.82) is 0 Å². The number of fused-ring (bicyclic) bond motifs is 3. The van der Waals surface area contributed by atoms with Crippen LogP contribution in [0.4, 0.5) is 14.6 Å². The first-order chi connectivity index (χ1) is 21.1. The van der Waals surface area contributed by atoms with Crippen LogP contribution in [-0.2, 0) is 33.8 Å². The van der Waals surface area contributed by atoms with Gasteiger partial charge in [-0.2, -0.15) is 0 Å². The number of aryl methyl sites for hydroxylation is 2. The minimum Gasteiger partial charge on any atom is -0.382 e. The lowest BCUT2D eigenvalue weighted by atomic mass is 9.98.